The Kier molecular flexibility index (Phi) is 3.36. The molecule has 0 spiro atoms. The Bertz CT molecular complexity index is 395. The van der Waals surface area contributed by atoms with Gasteiger partial charge in [-0.15, -0.1) is 0 Å². The lowest BCUT2D eigenvalue weighted by Gasteiger charge is -2.22. The van der Waals surface area contributed by atoms with E-state index < -0.39 is 0 Å². The molecule has 1 aromatic rings. The Labute approximate surface area is 101 Å². The van der Waals surface area contributed by atoms with Gasteiger partial charge in [-0.25, -0.2) is 0 Å². The van der Waals surface area contributed by atoms with E-state index in [1.165, 1.54) is 0 Å². The van der Waals surface area contributed by atoms with Crippen molar-refractivity contribution < 1.29 is 4.79 Å². The van der Waals surface area contributed by atoms with Crippen molar-refractivity contribution in [3.05, 3.63) is 11.8 Å². The number of rotatable bonds is 5. The average molecular weight is 236 g/mol. The highest BCUT2D eigenvalue weighted by atomic mass is 16.2. The van der Waals surface area contributed by atoms with Crippen molar-refractivity contribution in [1.82, 2.24) is 15.1 Å². The first-order valence-corrected chi connectivity index (χ1v) is 6.19. The number of nitrogens with zero attached hydrogens (tertiary/aromatic N) is 2. The van der Waals surface area contributed by atoms with Crippen molar-refractivity contribution >= 4 is 11.7 Å². The van der Waals surface area contributed by atoms with Gasteiger partial charge in [-0.05, 0) is 25.2 Å². The van der Waals surface area contributed by atoms with Gasteiger partial charge in [0.15, 0.2) is 0 Å². The van der Waals surface area contributed by atoms with Crippen molar-refractivity contribution in [3.8, 4) is 0 Å². The molecule has 1 aliphatic rings. The summed E-state index contributed by atoms with van der Waals surface area (Å²) >= 11 is 0. The minimum Gasteiger partial charge on any atom is -0.382 e. The van der Waals surface area contributed by atoms with E-state index in [9.17, 15) is 4.79 Å². The number of amides is 1. The number of aromatic amines is 1. The number of nitrogen functional groups attached to an aromatic ring is 1. The predicted octanol–water partition coefficient (Wildman–Crippen LogP) is 1.64. The molecule has 1 aliphatic carbocycles. The summed E-state index contributed by atoms with van der Waals surface area (Å²) in [7, 11) is 0. The maximum atomic E-state index is 12.3. The molecule has 0 unspecified atom stereocenters. The van der Waals surface area contributed by atoms with Crippen LogP contribution in [0.15, 0.2) is 6.07 Å². The topological polar surface area (TPSA) is 75.0 Å². The standard InChI is InChI=1S/C12H20N4O/c1-8(2)5-6-16(9-3-4-9)12(17)10-7-11(13)15-14-10/h7-9H,3-6H2,1-2H3,(H3,13,14,15). The number of aromatic nitrogens is 2. The van der Waals surface area contributed by atoms with E-state index in [1.54, 1.807) is 6.07 Å². The number of nitrogens with one attached hydrogen (secondary N) is 1. The fraction of sp³-hybridized carbons (Fsp3) is 0.667. The van der Waals surface area contributed by atoms with Crippen LogP contribution in [-0.2, 0) is 0 Å². The van der Waals surface area contributed by atoms with Gasteiger partial charge in [0.1, 0.15) is 11.5 Å². The maximum Gasteiger partial charge on any atom is 0.272 e. The van der Waals surface area contributed by atoms with Crippen molar-refractivity contribution in [2.45, 2.75) is 39.2 Å². The van der Waals surface area contributed by atoms with Crippen molar-refractivity contribution in [3.63, 3.8) is 0 Å². The van der Waals surface area contributed by atoms with E-state index in [2.05, 4.69) is 24.0 Å². The smallest absolute Gasteiger partial charge is 0.272 e. The second kappa shape index (κ2) is 4.77. The Morgan fingerprint density at radius 2 is 2.35 bits per heavy atom. The molecule has 5 heteroatoms. The van der Waals surface area contributed by atoms with Crippen LogP contribution in [0.2, 0.25) is 0 Å². The third kappa shape index (κ3) is 2.99. The largest absolute Gasteiger partial charge is 0.382 e. The van der Waals surface area contributed by atoms with Gasteiger partial charge in [-0.3, -0.25) is 9.89 Å². The molecule has 0 atom stereocenters. The molecule has 17 heavy (non-hydrogen) atoms. The lowest BCUT2D eigenvalue weighted by Crippen LogP contribution is -2.34. The van der Waals surface area contributed by atoms with Gasteiger partial charge in [0.25, 0.3) is 5.91 Å². The van der Waals surface area contributed by atoms with Crippen molar-refractivity contribution in [1.29, 1.82) is 0 Å². The van der Waals surface area contributed by atoms with Gasteiger partial charge < -0.3 is 10.6 Å². The Balaban J connectivity index is 2.02. The second-order valence-electron chi connectivity index (χ2n) is 5.12. The van der Waals surface area contributed by atoms with E-state index in [-0.39, 0.29) is 5.91 Å². The maximum absolute atomic E-state index is 12.3. The first-order valence-electron chi connectivity index (χ1n) is 6.19. The van der Waals surface area contributed by atoms with Gasteiger partial charge in [0.05, 0.1) is 0 Å². The summed E-state index contributed by atoms with van der Waals surface area (Å²) in [6.07, 6.45) is 3.27. The van der Waals surface area contributed by atoms with E-state index >= 15 is 0 Å². The van der Waals surface area contributed by atoms with Crippen LogP contribution in [0.1, 0.15) is 43.6 Å². The summed E-state index contributed by atoms with van der Waals surface area (Å²) in [6.45, 7) is 5.16. The lowest BCUT2D eigenvalue weighted by atomic mass is 10.1. The first-order chi connectivity index (χ1) is 8.08. The number of H-pyrrole nitrogens is 1. The molecule has 94 valence electrons. The van der Waals surface area contributed by atoms with E-state index in [0.29, 0.717) is 23.5 Å². The van der Waals surface area contributed by atoms with Gasteiger partial charge in [0, 0.05) is 18.7 Å². The molecule has 0 bridgehead atoms. The van der Waals surface area contributed by atoms with Gasteiger partial charge in [0.2, 0.25) is 0 Å². The summed E-state index contributed by atoms with van der Waals surface area (Å²) in [5.74, 6) is 1.00. The molecular formula is C12H20N4O. The molecule has 2 rings (SSSR count). The molecule has 1 fully saturated rings. The molecule has 0 saturated heterocycles. The first kappa shape index (κ1) is 12.0. The third-order valence-corrected chi connectivity index (χ3v) is 3.02. The molecule has 0 radical (unpaired) electrons. The van der Waals surface area contributed by atoms with Crippen LogP contribution >= 0.6 is 0 Å². The second-order valence-corrected chi connectivity index (χ2v) is 5.12. The summed E-state index contributed by atoms with van der Waals surface area (Å²) in [6, 6.07) is 2.03. The Hall–Kier alpha value is -1.52. The van der Waals surface area contributed by atoms with Gasteiger partial charge >= 0.3 is 0 Å². The van der Waals surface area contributed by atoms with Crippen LogP contribution in [0.25, 0.3) is 0 Å². The number of nitrogens with two attached hydrogens (primary N) is 1. The predicted molar refractivity (Wildman–Crippen MR) is 66.5 cm³/mol. The Morgan fingerprint density at radius 1 is 1.65 bits per heavy atom. The molecule has 0 aliphatic heterocycles. The molecule has 5 nitrogen and oxygen atoms in total. The summed E-state index contributed by atoms with van der Waals surface area (Å²) in [4.78, 5) is 14.2. The fourth-order valence-electron chi connectivity index (χ4n) is 1.83. The zero-order valence-corrected chi connectivity index (χ0v) is 10.4. The Morgan fingerprint density at radius 3 is 2.82 bits per heavy atom. The van der Waals surface area contributed by atoms with Crippen molar-refractivity contribution in [2.24, 2.45) is 5.92 Å². The summed E-state index contributed by atoms with van der Waals surface area (Å²) in [5, 5.41) is 6.49. The highest BCUT2D eigenvalue weighted by Crippen LogP contribution is 2.28. The van der Waals surface area contributed by atoms with Gasteiger partial charge in [-0.2, -0.15) is 5.10 Å². The molecule has 1 aromatic heterocycles. The van der Waals surface area contributed by atoms with Crippen LogP contribution in [0, 0.1) is 5.92 Å². The molecule has 0 aromatic carbocycles. The SMILES string of the molecule is CC(C)CCN(C(=O)c1cc(N)n[nH]1)C1CC1. The average Bonchev–Trinajstić information content (AvgIpc) is 3.00. The molecule has 1 amide bonds. The molecule has 1 saturated carbocycles. The minimum absolute atomic E-state index is 0.0253. The highest BCUT2D eigenvalue weighted by molar-refractivity contribution is 5.93. The monoisotopic (exact) mass is 236 g/mol. The van der Waals surface area contributed by atoms with Crippen LogP contribution < -0.4 is 5.73 Å². The van der Waals surface area contributed by atoms with Crippen molar-refractivity contribution in [2.75, 3.05) is 12.3 Å². The van der Waals surface area contributed by atoms with E-state index in [1.807, 2.05) is 4.90 Å². The zero-order chi connectivity index (χ0) is 12.4. The van der Waals surface area contributed by atoms with Crippen LogP contribution in [0.5, 0.6) is 0 Å². The van der Waals surface area contributed by atoms with E-state index in [4.69, 9.17) is 5.73 Å². The summed E-state index contributed by atoms with van der Waals surface area (Å²) < 4.78 is 0. The number of carbonyl (C=O) groups excluding carboxylic acids is 1. The molecule has 1 heterocycles. The zero-order valence-electron chi connectivity index (χ0n) is 10.4. The minimum atomic E-state index is 0.0253. The third-order valence-electron chi connectivity index (χ3n) is 3.02. The quantitative estimate of drug-likeness (QED) is 0.816. The normalized spacial score (nSPS) is 15.2. The lowest BCUT2D eigenvalue weighted by molar-refractivity contribution is 0.0729. The van der Waals surface area contributed by atoms with Crippen LogP contribution in [0.4, 0.5) is 5.82 Å². The highest BCUT2D eigenvalue weighted by Gasteiger charge is 2.33. The number of hydrogen-bond acceptors (Lipinski definition) is 3. The molecular weight excluding hydrogens is 216 g/mol. The van der Waals surface area contributed by atoms with Crippen LogP contribution in [-0.4, -0.2) is 33.6 Å². The van der Waals surface area contributed by atoms with E-state index in [0.717, 1.165) is 25.8 Å². The number of anilines is 1. The van der Waals surface area contributed by atoms with Gasteiger partial charge in [-0.1, -0.05) is 13.8 Å². The van der Waals surface area contributed by atoms with Crippen LogP contribution in [0.3, 0.4) is 0 Å². The fourth-order valence-corrected chi connectivity index (χ4v) is 1.83. The number of carbonyl (C=O) groups is 1. The summed E-state index contributed by atoms with van der Waals surface area (Å²) in [5.41, 5.74) is 6.02. The molecule has 3 N–H and O–H groups in total. The number of hydrogen-bond donors (Lipinski definition) is 2.